The quantitative estimate of drug-likeness (QED) is 0.522. The lowest BCUT2D eigenvalue weighted by Crippen LogP contribution is -2.52. The number of aryl methyl sites for hydroxylation is 4. The molecular weight excluding hydrogens is 438 g/mol. The molecule has 2 aliphatic rings. The van der Waals surface area contributed by atoms with Crippen LogP contribution >= 0.6 is 11.6 Å². The minimum absolute atomic E-state index is 0.131. The minimum Gasteiger partial charge on any atom is -0.494 e. The van der Waals surface area contributed by atoms with Crippen molar-refractivity contribution in [2.45, 2.75) is 65.4 Å². The van der Waals surface area contributed by atoms with Crippen molar-refractivity contribution in [2.24, 2.45) is 0 Å². The molecule has 4 rings (SSSR count). The molecule has 2 aromatic rings. The van der Waals surface area contributed by atoms with E-state index in [9.17, 15) is 9.59 Å². The Labute approximate surface area is 201 Å². The molecular formula is C27H32ClNO4. The first-order valence-electron chi connectivity index (χ1n) is 11.7. The number of halogens is 1. The Kier molecular flexibility index (Phi) is 6.71. The highest BCUT2D eigenvalue weighted by atomic mass is 35.5. The molecule has 0 aliphatic carbocycles. The summed E-state index contributed by atoms with van der Waals surface area (Å²) in [5.41, 5.74) is 4.26. The zero-order valence-corrected chi connectivity index (χ0v) is 20.7. The Bertz CT molecular complexity index is 1060. The van der Waals surface area contributed by atoms with E-state index in [1.165, 1.54) is 0 Å². The molecule has 176 valence electrons. The number of nitrogens with zero attached hydrogens (tertiary/aromatic N) is 1. The van der Waals surface area contributed by atoms with E-state index in [2.05, 4.69) is 6.07 Å². The molecule has 6 heteroatoms. The molecule has 2 aliphatic heterocycles. The van der Waals surface area contributed by atoms with Crippen LogP contribution in [0.5, 0.6) is 11.5 Å². The summed E-state index contributed by atoms with van der Waals surface area (Å²) in [7, 11) is 0. The Morgan fingerprint density at radius 3 is 2.39 bits per heavy atom. The lowest BCUT2D eigenvalue weighted by molar-refractivity contribution is -0.135. The van der Waals surface area contributed by atoms with Crippen molar-refractivity contribution in [1.82, 2.24) is 4.90 Å². The Morgan fingerprint density at radius 1 is 1.06 bits per heavy atom. The van der Waals surface area contributed by atoms with Crippen LogP contribution in [0.2, 0.25) is 5.02 Å². The normalized spacial score (nSPS) is 17.0. The summed E-state index contributed by atoms with van der Waals surface area (Å²) in [4.78, 5) is 27.5. The molecule has 5 nitrogen and oxygen atoms in total. The van der Waals surface area contributed by atoms with Crippen molar-refractivity contribution < 1.29 is 19.1 Å². The van der Waals surface area contributed by atoms with Gasteiger partial charge >= 0.3 is 0 Å². The molecule has 0 aromatic heterocycles. The van der Waals surface area contributed by atoms with Crippen molar-refractivity contribution in [3.05, 3.63) is 57.1 Å². The van der Waals surface area contributed by atoms with E-state index >= 15 is 0 Å². The molecule has 0 bridgehead atoms. The van der Waals surface area contributed by atoms with Crippen molar-refractivity contribution in [2.75, 3.05) is 19.7 Å². The van der Waals surface area contributed by atoms with Crippen LogP contribution in [0, 0.1) is 27.7 Å². The molecule has 33 heavy (non-hydrogen) atoms. The summed E-state index contributed by atoms with van der Waals surface area (Å²) >= 11 is 6.21. The summed E-state index contributed by atoms with van der Waals surface area (Å²) in [6.45, 7) is 9.62. The standard InChI is InChI=1S/C27H32ClNO4/c1-17-12-20(4)26-22(13-17)23(30)16-27(33-26)7-9-29(10-8-27)24(31)6-5-11-32-21-14-18(2)25(28)19(3)15-21/h12-15H,5-11,16H2,1-4H3. The van der Waals surface area contributed by atoms with Gasteiger partial charge in [0.15, 0.2) is 5.78 Å². The third-order valence-electron chi connectivity index (χ3n) is 6.76. The van der Waals surface area contributed by atoms with E-state index in [-0.39, 0.29) is 11.7 Å². The van der Waals surface area contributed by atoms with Crippen LogP contribution in [0.4, 0.5) is 0 Å². The fraction of sp³-hybridized carbons (Fsp3) is 0.481. The highest BCUT2D eigenvalue weighted by Gasteiger charge is 2.44. The topological polar surface area (TPSA) is 55.8 Å². The highest BCUT2D eigenvalue weighted by Crippen LogP contribution is 2.41. The zero-order chi connectivity index (χ0) is 23.8. The van der Waals surface area contributed by atoms with Crippen molar-refractivity contribution in [3.63, 3.8) is 0 Å². The number of rotatable bonds is 5. The highest BCUT2D eigenvalue weighted by molar-refractivity contribution is 6.32. The van der Waals surface area contributed by atoms with Gasteiger partial charge in [-0.2, -0.15) is 0 Å². The number of amides is 1. The maximum Gasteiger partial charge on any atom is 0.222 e. The number of Topliss-reactive ketones (excluding diaryl/α,β-unsaturated/α-hetero) is 1. The van der Waals surface area contributed by atoms with Crippen LogP contribution in [-0.4, -0.2) is 41.9 Å². The summed E-state index contributed by atoms with van der Waals surface area (Å²) < 4.78 is 12.3. The molecule has 1 spiro atoms. The lowest BCUT2D eigenvalue weighted by Gasteiger charge is -2.44. The maximum atomic E-state index is 12.8. The molecule has 1 saturated heterocycles. The number of hydrogen-bond donors (Lipinski definition) is 0. The second kappa shape index (κ2) is 9.38. The van der Waals surface area contributed by atoms with Crippen LogP contribution in [0.15, 0.2) is 24.3 Å². The number of carbonyl (C=O) groups excluding carboxylic acids is 2. The zero-order valence-electron chi connectivity index (χ0n) is 19.9. The fourth-order valence-electron chi connectivity index (χ4n) is 4.94. The predicted octanol–water partition coefficient (Wildman–Crippen LogP) is 5.76. The summed E-state index contributed by atoms with van der Waals surface area (Å²) in [6.07, 6.45) is 2.84. The first-order chi connectivity index (χ1) is 15.7. The molecule has 1 fully saturated rings. The van der Waals surface area contributed by atoms with Gasteiger partial charge in [-0.05, 0) is 74.6 Å². The molecule has 0 atom stereocenters. The van der Waals surface area contributed by atoms with Gasteiger partial charge in [0.2, 0.25) is 5.91 Å². The Hall–Kier alpha value is -2.53. The summed E-state index contributed by atoms with van der Waals surface area (Å²) in [6, 6.07) is 7.82. The van der Waals surface area contributed by atoms with Gasteiger partial charge < -0.3 is 14.4 Å². The van der Waals surface area contributed by atoms with Gasteiger partial charge in [0.1, 0.15) is 17.1 Å². The minimum atomic E-state index is -0.492. The van der Waals surface area contributed by atoms with Gasteiger partial charge in [-0.15, -0.1) is 0 Å². The van der Waals surface area contributed by atoms with Crippen molar-refractivity contribution in [1.29, 1.82) is 0 Å². The Balaban J connectivity index is 1.27. The summed E-state index contributed by atoms with van der Waals surface area (Å²) in [5, 5.41) is 0.762. The summed E-state index contributed by atoms with van der Waals surface area (Å²) in [5.74, 6) is 1.78. The first-order valence-corrected chi connectivity index (χ1v) is 12.1. The van der Waals surface area contributed by atoms with Gasteiger partial charge in [0, 0.05) is 37.4 Å². The first kappa shape index (κ1) is 23.6. The second-order valence-electron chi connectivity index (χ2n) is 9.55. The van der Waals surface area contributed by atoms with E-state index in [4.69, 9.17) is 21.1 Å². The third-order valence-corrected chi connectivity index (χ3v) is 7.36. The number of ether oxygens (including phenoxy) is 2. The smallest absolute Gasteiger partial charge is 0.222 e. The van der Waals surface area contributed by atoms with E-state index in [0.29, 0.717) is 57.4 Å². The molecule has 0 unspecified atom stereocenters. The van der Waals surface area contributed by atoms with Crippen molar-refractivity contribution >= 4 is 23.3 Å². The van der Waals surface area contributed by atoms with Crippen LogP contribution in [-0.2, 0) is 4.79 Å². The van der Waals surface area contributed by atoms with Crippen LogP contribution < -0.4 is 9.47 Å². The molecule has 2 heterocycles. The lowest BCUT2D eigenvalue weighted by atomic mass is 9.81. The van der Waals surface area contributed by atoms with E-state index in [1.807, 2.05) is 50.8 Å². The number of carbonyl (C=O) groups is 2. The third kappa shape index (κ3) is 5.03. The number of ketones is 1. The average molecular weight is 470 g/mol. The van der Waals surface area contributed by atoms with E-state index in [0.717, 1.165) is 38.8 Å². The van der Waals surface area contributed by atoms with Crippen LogP contribution in [0.25, 0.3) is 0 Å². The number of fused-ring (bicyclic) bond motifs is 1. The van der Waals surface area contributed by atoms with Crippen LogP contribution in [0.1, 0.15) is 64.7 Å². The van der Waals surface area contributed by atoms with Gasteiger partial charge in [-0.25, -0.2) is 0 Å². The molecule has 0 N–H and O–H groups in total. The van der Waals surface area contributed by atoms with Crippen molar-refractivity contribution in [3.8, 4) is 11.5 Å². The predicted molar refractivity (Wildman–Crippen MR) is 130 cm³/mol. The van der Waals surface area contributed by atoms with Gasteiger partial charge in [-0.1, -0.05) is 17.7 Å². The average Bonchev–Trinajstić information content (AvgIpc) is 2.76. The molecule has 2 aromatic carbocycles. The number of likely N-dealkylation sites (tertiary alicyclic amines) is 1. The van der Waals surface area contributed by atoms with E-state index in [1.54, 1.807) is 0 Å². The molecule has 1 amide bonds. The largest absolute Gasteiger partial charge is 0.494 e. The van der Waals surface area contributed by atoms with Gasteiger partial charge in [0.05, 0.1) is 18.6 Å². The number of hydrogen-bond acceptors (Lipinski definition) is 4. The monoisotopic (exact) mass is 469 g/mol. The van der Waals surface area contributed by atoms with Gasteiger partial charge in [-0.3, -0.25) is 9.59 Å². The number of benzene rings is 2. The number of piperidine rings is 1. The Morgan fingerprint density at radius 2 is 1.73 bits per heavy atom. The van der Waals surface area contributed by atoms with Crippen LogP contribution in [0.3, 0.4) is 0 Å². The SMILES string of the molecule is Cc1cc(C)c2c(c1)C(=O)CC1(CCN(C(=O)CCCOc3cc(C)c(Cl)c(C)c3)CC1)O2. The van der Waals surface area contributed by atoms with Gasteiger partial charge in [0.25, 0.3) is 0 Å². The fourth-order valence-corrected chi connectivity index (χ4v) is 5.05. The molecule has 0 radical (unpaired) electrons. The maximum absolute atomic E-state index is 12.8. The van der Waals surface area contributed by atoms with E-state index < -0.39 is 5.60 Å². The second-order valence-corrected chi connectivity index (χ2v) is 9.93. The molecule has 0 saturated carbocycles.